The second-order valence-corrected chi connectivity index (χ2v) is 3.35. The van der Waals surface area contributed by atoms with Crippen molar-refractivity contribution in [1.29, 1.82) is 0 Å². The molecule has 0 aliphatic heterocycles. The van der Waals surface area contributed by atoms with E-state index in [9.17, 15) is 18.9 Å². The van der Waals surface area contributed by atoms with Crippen LogP contribution in [0.3, 0.4) is 0 Å². The molecule has 0 spiro atoms. The third-order valence-electron chi connectivity index (χ3n) is 1.40. The fraction of sp³-hybridized carbons (Fsp3) is 0.167. The molecule has 0 aliphatic rings. The van der Waals surface area contributed by atoms with E-state index in [1.54, 1.807) is 0 Å². The van der Waals surface area contributed by atoms with Crippen LogP contribution >= 0.6 is 27.5 Å². The van der Waals surface area contributed by atoms with Crippen LogP contribution < -0.4 is 0 Å². The monoisotopic (exact) mass is 286 g/mol. The first-order valence-electron chi connectivity index (χ1n) is 3.21. The van der Waals surface area contributed by atoms with Gasteiger partial charge in [-0.3, -0.25) is 10.1 Å². The van der Waals surface area contributed by atoms with Crippen molar-refractivity contribution in [2.75, 3.05) is 0 Å². The first-order valence-corrected chi connectivity index (χ1v) is 4.38. The summed E-state index contributed by atoms with van der Waals surface area (Å²) in [4.78, 5) is 12.9. The Balaban J connectivity index is 3.41. The van der Waals surface area contributed by atoms with Gasteiger partial charge in [0.1, 0.15) is 15.8 Å². The molecule has 4 nitrogen and oxygen atoms in total. The molecule has 8 heteroatoms. The van der Waals surface area contributed by atoms with Crippen molar-refractivity contribution in [2.24, 2.45) is 0 Å². The highest BCUT2D eigenvalue weighted by Crippen LogP contribution is 2.37. The number of pyridine rings is 1. The highest BCUT2D eigenvalue weighted by atomic mass is 79.9. The second kappa shape index (κ2) is 4.14. The maximum atomic E-state index is 12.4. The van der Waals surface area contributed by atoms with E-state index in [-0.39, 0.29) is 4.60 Å². The van der Waals surface area contributed by atoms with Gasteiger partial charge in [0.05, 0.1) is 10.5 Å². The van der Waals surface area contributed by atoms with Gasteiger partial charge in [0.15, 0.2) is 0 Å². The zero-order valence-corrected chi connectivity index (χ0v) is 8.72. The van der Waals surface area contributed by atoms with Gasteiger partial charge >= 0.3 is 5.69 Å². The Bertz CT molecular complexity index is 388. The number of alkyl halides is 2. The summed E-state index contributed by atoms with van der Waals surface area (Å²) in [5.74, 6) is 0. The predicted octanol–water partition coefficient (Wildman–Crippen LogP) is 3.34. The van der Waals surface area contributed by atoms with Gasteiger partial charge in [-0.25, -0.2) is 13.8 Å². The van der Waals surface area contributed by atoms with E-state index in [0.29, 0.717) is 0 Å². The molecule has 0 aliphatic carbocycles. The summed E-state index contributed by atoms with van der Waals surface area (Å²) in [5.41, 5.74) is -1.30. The van der Waals surface area contributed by atoms with E-state index in [1.807, 2.05) is 0 Å². The average Bonchev–Trinajstić information content (AvgIpc) is 2.02. The molecule has 1 rings (SSSR count). The minimum atomic E-state index is -2.91. The number of nitro groups is 1. The molecule has 76 valence electrons. The third-order valence-corrected chi connectivity index (χ3v) is 2.43. The molecule has 0 radical (unpaired) electrons. The lowest BCUT2D eigenvalue weighted by molar-refractivity contribution is -0.385. The minimum absolute atomic E-state index is 0.192. The first-order chi connectivity index (χ1) is 6.45. The van der Waals surface area contributed by atoms with Crippen LogP contribution in [0, 0.1) is 10.1 Å². The number of hydrogen-bond acceptors (Lipinski definition) is 3. The van der Waals surface area contributed by atoms with Crippen LogP contribution in [-0.4, -0.2) is 9.91 Å². The molecule has 1 heterocycles. The summed E-state index contributed by atoms with van der Waals surface area (Å²) in [5, 5.41) is 9.74. The van der Waals surface area contributed by atoms with Gasteiger partial charge in [-0.2, -0.15) is 0 Å². The van der Waals surface area contributed by atoms with Gasteiger partial charge in [0.25, 0.3) is 6.43 Å². The first kappa shape index (κ1) is 11.3. The standard InChI is InChI=1S/C6H2BrClF2N2O2/c7-5-3(6(9)10)4(8)2(1-11-5)12(13)14/h1,6H. The SMILES string of the molecule is O=[N+]([O-])c1cnc(Br)c(C(F)F)c1Cl. The molecule has 1 aromatic rings. The molecule has 14 heavy (non-hydrogen) atoms. The van der Waals surface area contributed by atoms with Crippen LogP contribution in [0.1, 0.15) is 12.0 Å². The predicted molar refractivity (Wildman–Crippen MR) is 48.6 cm³/mol. The zero-order valence-electron chi connectivity index (χ0n) is 6.38. The molecule has 0 amide bonds. The maximum absolute atomic E-state index is 12.4. The Hall–Kier alpha value is -0.820. The normalized spacial score (nSPS) is 10.6. The van der Waals surface area contributed by atoms with Crippen molar-refractivity contribution in [3.63, 3.8) is 0 Å². The van der Waals surface area contributed by atoms with E-state index in [1.165, 1.54) is 0 Å². The van der Waals surface area contributed by atoms with Crippen molar-refractivity contribution in [1.82, 2.24) is 4.98 Å². The van der Waals surface area contributed by atoms with Crippen LogP contribution in [0.25, 0.3) is 0 Å². The number of halogens is 4. The smallest absolute Gasteiger partial charge is 0.258 e. The van der Waals surface area contributed by atoms with E-state index < -0.39 is 27.6 Å². The minimum Gasteiger partial charge on any atom is -0.258 e. The molecule has 0 bridgehead atoms. The van der Waals surface area contributed by atoms with Gasteiger partial charge in [0, 0.05) is 0 Å². The average molecular weight is 287 g/mol. The summed E-state index contributed by atoms with van der Waals surface area (Å²) in [6, 6.07) is 0. The molecular weight excluding hydrogens is 285 g/mol. The number of rotatable bonds is 2. The molecule has 1 aromatic heterocycles. The van der Waals surface area contributed by atoms with Gasteiger partial charge in [-0.1, -0.05) is 11.6 Å². The van der Waals surface area contributed by atoms with Gasteiger partial charge in [-0.15, -0.1) is 0 Å². The molecule has 0 fully saturated rings. The fourth-order valence-corrected chi connectivity index (χ4v) is 1.66. The molecule has 0 atom stereocenters. The number of aromatic nitrogens is 1. The van der Waals surface area contributed by atoms with Crippen molar-refractivity contribution < 1.29 is 13.7 Å². The molecular formula is C6H2BrClF2N2O2. The fourth-order valence-electron chi connectivity index (χ4n) is 0.786. The van der Waals surface area contributed by atoms with Crippen molar-refractivity contribution in [3.05, 3.63) is 31.5 Å². The summed E-state index contributed by atoms with van der Waals surface area (Å²) < 4.78 is 24.5. The largest absolute Gasteiger partial charge is 0.306 e. The van der Waals surface area contributed by atoms with Crippen molar-refractivity contribution >= 4 is 33.2 Å². The topological polar surface area (TPSA) is 56.0 Å². The van der Waals surface area contributed by atoms with Gasteiger partial charge < -0.3 is 0 Å². The Labute approximate surface area is 90.2 Å². The van der Waals surface area contributed by atoms with Crippen LogP contribution in [0.2, 0.25) is 5.02 Å². The highest BCUT2D eigenvalue weighted by molar-refractivity contribution is 9.10. The summed E-state index contributed by atoms with van der Waals surface area (Å²) in [6.07, 6.45) is -2.09. The Morgan fingerprint density at radius 3 is 2.64 bits per heavy atom. The molecule has 0 unspecified atom stereocenters. The molecule has 0 N–H and O–H groups in total. The van der Waals surface area contributed by atoms with Crippen LogP contribution in [0.15, 0.2) is 10.8 Å². The lowest BCUT2D eigenvalue weighted by Gasteiger charge is -2.04. The van der Waals surface area contributed by atoms with Crippen molar-refractivity contribution in [2.45, 2.75) is 6.43 Å². The Morgan fingerprint density at radius 2 is 2.21 bits per heavy atom. The number of nitrogens with zero attached hydrogens (tertiary/aromatic N) is 2. The molecule has 0 saturated carbocycles. The summed E-state index contributed by atoms with van der Waals surface area (Å²) in [6.45, 7) is 0. The van der Waals surface area contributed by atoms with E-state index >= 15 is 0 Å². The van der Waals surface area contributed by atoms with E-state index in [4.69, 9.17) is 11.6 Å². The van der Waals surface area contributed by atoms with Crippen LogP contribution in [0.4, 0.5) is 14.5 Å². The van der Waals surface area contributed by atoms with Gasteiger partial charge in [-0.05, 0) is 15.9 Å². The number of hydrogen-bond donors (Lipinski definition) is 0. The van der Waals surface area contributed by atoms with Crippen molar-refractivity contribution in [3.8, 4) is 0 Å². The van der Waals surface area contributed by atoms with E-state index in [2.05, 4.69) is 20.9 Å². The Kier molecular flexibility index (Phi) is 3.33. The maximum Gasteiger partial charge on any atom is 0.306 e. The molecule has 0 aromatic carbocycles. The zero-order chi connectivity index (χ0) is 10.9. The second-order valence-electron chi connectivity index (χ2n) is 2.22. The van der Waals surface area contributed by atoms with Crippen LogP contribution in [0.5, 0.6) is 0 Å². The summed E-state index contributed by atoms with van der Waals surface area (Å²) >= 11 is 8.15. The lowest BCUT2D eigenvalue weighted by atomic mass is 10.3. The Morgan fingerprint density at radius 1 is 1.64 bits per heavy atom. The highest BCUT2D eigenvalue weighted by Gasteiger charge is 2.25. The van der Waals surface area contributed by atoms with E-state index in [0.717, 1.165) is 6.20 Å². The molecule has 0 saturated heterocycles. The summed E-state index contributed by atoms with van der Waals surface area (Å²) in [7, 11) is 0. The quantitative estimate of drug-likeness (QED) is 0.476. The lowest BCUT2D eigenvalue weighted by Crippen LogP contribution is -1.97. The van der Waals surface area contributed by atoms with Crippen LogP contribution in [-0.2, 0) is 0 Å². The van der Waals surface area contributed by atoms with Gasteiger partial charge in [0.2, 0.25) is 0 Å². The third kappa shape index (κ3) is 1.98.